The van der Waals surface area contributed by atoms with E-state index in [0.29, 0.717) is 5.92 Å². The quantitative estimate of drug-likeness (QED) is 0.672. The Balaban J connectivity index is 1.53. The van der Waals surface area contributed by atoms with Gasteiger partial charge < -0.3 is 15.1 Å². The zero-order valence-corrected chi connectivity index (χ0v) is 14.7. The van der Waals surface area contributed by atoms with Crippen LogP contribution in [0.1, 0.15) is 18.4 Å². The van der Waals surface area contributed by atoms with Gasteiger partial charge >= 0.3 is 0 Å². The predicted octanol–water partition coefficient (Wildman–Crippen LogP) is 1.78. The lowest BCUT2D eigenvalue weighted by Gasteiger charge is -2.32. The monoisotopic (exact) mass is 338 g/mol. The molecule has 132 valence electrons. The highest BCUT2D eigenvalue weighted by molar-refractivity contribution is 5.97. The minimum Gasteiger partial charge on any atom is -0.374 e. The minimum absolute atomic E-state index is 0.112. The zero-order chi connectivity index (χ0) is 17.5. The first-order valence-corrected chi connectivity index (χ1v) is 9.16. The van der Waals surface area contributed by atoms with Crippen molar-refractivity contribution in [2.45, 2.75) is 19.3 Å². The highest BCUT2D eigenvalue weighted by Gasteiger charge is 2.25. The predicted molar refractivity (Wildman–Crippen MR) is 97.6 cm³/mol. The number of likely N-dealkylation sites (tertiary alicyclic amines) is 1. The number of benzene rings is 1. The number of nitriles is 1. The van der Waals surface area contributed by atoms with Crippen molar-refractivity contribution in [3.63, 3.8) is 0 Å². The maximum atomic E-state index is 12.7. The van der Waals surface area contributed by atoms with Gasteiger partial charge in [-0.15, -0.1) is 0 Å². The first-order chi connectivity index (χ1) is 12.3. The van der Waals surface area contributed by atoms with Crippen molar-refractivity contribution in [3.8, 4) is 6.07 Å². The summed E-state index contributed by atoms with van der Waals surface area (Å²) < 4.78 is 0. The number of amides is 1. The Labute approximate surface area is 149 Å². The van der Waals surface area contributed by atoms with Crippen LogP contribution in [-0.2, 0) is 11.2 Å². The van der Waals surface area contributed by atoms with Crippen molar-refractivity contribution in [2.75, 3.05) is 39.3 Å². The molecule has 1 aromatic rings. The van der Waals surface area contributed by atoms with Crippen molar-refractivity contribution in [2.24, 2.45) is 5.92 Å². The number of rotatable bonds is 4. The van der Waals surface area contributed by atoms with Gasteiger partial charge in [-0.25, -0.2) is 0 Å². The third kappa shape index (κ3) is 4.83. The third-order valence-electron chi connectivity index (χ3n) is 5.08. The van der Waals surface area contributed by atoms with Crippen LogP contribution in [0.4, 0.5) is 0 Å². The number of carbonyl (C=O) groups excluding carboxylic acids is 1. The molecule has 0 saturated carbocycles. The minimum atomic E-state index is -0.112. The van der Waals surface area contributed by atoms with Gasteiger partial charge in [-0.2, -0.15) is 5.26 Å². The Morgan fingerprint density at radius 2 is 1.84 bits per heavy atom. The lowest BCUT2D eigenvalue weighted by atomic mass is 9.90. The summed E-state index contributed by atoms with van der Waals surface area (Å²) in [4.78, 5) is 16.6. The summed E-state index contributed by atoms with van der Waals surface area (Å²) in [6.45, 7) is 4.98. The molecule has 25 heavy (non-hydrogen) atoms. The van der Waals surface area contributed by atoms with Gasteiger partial charge in [0.15, 0.2) is 0 Å². The Morgan fingerprint density at radius 3 is 2.48 bits per heavy atom. The largest absolute Gasteiger partial charge is 0.374 e. The number of piperidine rings is 1. The molecule has 1 amide bonds. The molecule has 3 rings (SSSR count). The molecule has 0 radical (unpaired) electrons. The van der Waals surface area contributed by atoms with Crippen LogP contribution in [-0.4, -0.2) is 55.0 Å². The molecule has 2 aliphatic heterocycles. The summed E-state index contributed by atoms with van der Waals surface area (Å²) in [6.07, 6.45) is 4.84. The standard InChI is InChI=1S/C20H26N4O/c21-15-19(16-23-12-8-22-9-13-23)20(25)24-10-6-18(7-11-24)14-17-4-2-1-3-5-17/h1-5,16,18,22H,6-14H2/b19-16-. The lowest BCUT2D eigenvalue weighted by molar-refractivity contribution is -0.128. The summed E-state index contributed by atoms with van der Waals surface area (Å²) in [7, 11) is 0. The second kappa shape index (κ2) is 8.68. The molecule has 1 aromatic carbocycles. The third-order valence-corrected chi connectivity index (χ3v) is 5.08. The van der Waals surface area contributed by atoms with Gasteiger partial charge in [0.05, 0.1) is 0 Å². The summed E-state index contributed by atoms with van der Waals surface area (Å²) >= 11 is 0. The number of nitrogens with zero attached hydrogens (tertiary/aromatic N) is 3. The molecule has 5 heteroatoms. The maximum absolute atomic E-state index is 12.7. The number of carbonyl (C=O) groups is 1. The molecule has 2 heterocycles. The maximum Gasteiger partial charge on any atom is 0.266 e. The Morgan fingerprint density at radius 1 is 1.16 bits per heavy atom. The van der Waals surface area contributed by atoms with E-state index < -0.39 is 0 Å². The molecule has 5 nitrogen and oxygen atoms in total. The van der Waals surface area contributed by atoms with Gasteiger partial charge in [0.2, 0.25) is 0 Å². The topological polar surface area (TPSA) is 59.4 Å². The molecule has 2 aliphatic rings. The van der Waals surface area contributed by atoms with Gasteiger partial charge in [0, 0.05) is 45.5 Å². The summed E-state index contributed by atoms with van der Waals surface area (Å²) in [5.74, 6) is 0.508. The highest BCUT2D eigenvalue weighted by Crippen LogP contribution is 2.22. The normalized spacial score (nSPS) is 19.6. The van der Waals surface area contributed by atoms with Crippen LogP contribution < -0.4 is 5.32 Å². The number of piperazine rings is 1. The fourth-order valence-electron chi connectivity index (χ4n) is 3.58. The van der Waals surface area contributed by atoms with E-state index in [1.165, 1.54) is 5.56 Å². The Hall–Kier alpha value is -2.32. The average Bonchev–Trinajstić information content (AvgIpc) is 2.68. The van der Waals surface area contributed by atoms with Crippen molar-refractivity contribution in [1.82, 2.24) is 15.1 Å². The van der Waals surface area contributed by atoms with Gasteiger partial charge in [-0.3, -0.25) is 4.79 Å². The van der Waals surface area contributed by atoms with E-state index in [1.54, 1.807) is 6.20 Å². The van der Waals surface area contributed by atoms with Crippen LogP contribution >= 0.6 is 0 Å². The number of hydrogen-bond donors (Lipinski definition) is 1. The van der Waals surface area contributed by atoms with Crippen molar-refractivity contribution < 1.29 is 4.79 Å². The van der Waals surface area contributed by atoms with E-state index >= 15 is 0 Å². The second-order valence-corrected chi connectivity index (χ2v) is 6.87. The fraction of sp³-hybridized carbons (Fsp3) is 0.500. The molecule has 0 unspecified atom stereocenters. The smallest absolute Gasteiger partial charge is 0.266 e. The first-order valence-electron chi connectivity index (χ1n) is 9.16. The van der Waals surface area contributed by atoms with Gasteiger partial charge in [-0.05, 0) is 30.7 Å². The summed E-state index contributed by atoms with van der Waals surface area (Å²) in [5.41, 5.74) is 1.63. The van der Waals surface area contributed by atoms with Crippen LogP contribution in [0.5, 0.6) is 0 Å². The van der Waals surface area contributed by atoms with Gasteiger partial charge in [0.25, 0.3) is 5.91 Å². The van der Waals surface area contributed by atoms with Crippen molar-refractivity contribution in [3.05, 3.63) is 47.7 Å². The fourth-order valence-corrected chi connectivity index (χ4v) is 3.58. The average molecular weight is 338 g/mol. The van der Waals surface area contributed by atoms with E-state index in [0.717, 1.165) is 58.5 Å². The first kappa shape index (κ1) is 17.5. The van der Waals surface area contributed by atoms with Gasteiger partial charge in [-0.1, -0.05) is 30.3 Å². The number of nitrogens with one attached hydrogen (secondary N) is 1. The van der Waals surface area contributed by atoms with E-state index in [-0.39, 0.29) is 11.5 Å². The lowest BCUT2D eigenvalue weighted by Crippen LogP contribution is -2.42. The van der Waals surface area contributed by atoms with E-state index in [9.17, 15) is 10.1 Å². The van der Waals surface area contributed by atoms with Gasteiger partial charge in [0.1, 0.15) is 11.6 Å². The molecule has 2 saturated heterocycles. The van der Waals surface area contributed by atoms with E-state index in [4.69, 9.17) is 0 Å². The van der Waals surface area contributed by atoms with Crippen molar-refractivity contribution >= 4 is 5.91 Å². The van der Waals surface area contributed by atoms with E-state index in [2.05, 4.69) is 40.6 Å². The Kier molecular flexibility index (Phi) is 6.08. The molecule has 0 bridgehead atoms. The van der Waals surface area contributed by atoms with Crippen molar-refractivity contribution in [1.29, 1.82) is 5.26 Å². The molecule has 2 fully saturated rings. The molecule has 0 aliphatic carbocycles. The highest BCUT2D eigenvalue weighted by atomic mass is 16.2. The SMILES string of the molecule is N#C/C(=C/N1CCNCC1)C(=O)N1CCC(Cc2ccccc2)CC1. The number of hydrogen-bond acceptors (Lipinski definition) is 4. The molecule has 0 aromatic heterocycles. The van der Waals surface area contributed by atoms with Crippen LogP contribution in [0.15, 0.2) is 42.1 Å². The molecule has 0 spiro atoms. The van der Waals surface area contributed by atoms with E-state index in [1.807, 2.05) is 11.0 Å². The summed E-state index contributed by atoms with van der Waals surface area (Å²) in [5, 5.41) is 12.7. The van der Waals surface area contributed by atoms with Crippen LogP contribution in [0.3, 0.4) is 0 Å². The molecular formula is C20H26N4O. The second-order valence-electron chi connectivity index (χ2n) is 6.87. The molecule has 1 N–H and O–H groups in total. The summed E-state index contributed by atoms with van der Waals surface area (Å²) in [6, 6.07) is 12.6. The van der Waals surface area contributed by atoms with Crippen LogP contribution in [0.25, 0.3) is 0 Å². The molecular weight excluding hydrogens is 312 g/mol. The molecule has 0 atom stereocenters. The Bertz CT molecular complexity index is 635. The van der Waals surface area contributed by atoms with Crippen LogP contribution in [0.2, 0.25) is 0 Å². The van der Waals surface area contributed by atoms with Crippen LogP contribution in [0, 0.1) is 17.2 Å². The zero-order valence-electron chi connectivity index (χ0n) is 14.7.